The van der Waals surface area contributed by atoms with Gasteiger partial charge in [-0.2, -0.15) is 0 Å². The van der Waals surface area contributed by atoms with Crippen LogP contribution in [-0.4, -0.2) is 12.1 Å². The molecule has 0 aromatic heterocycles. The van der Waals surface area contributed by atoms with E-state index in [2.05, 4.69) is 29.6 Å². The van der Waals surface area contributed by atoms with Crippen LogP contribution >= 0.6 is 0 Å². The normalized spacial score (nSPS) is 16.9. The Hall–Kier alpha value is -2.29. The van der Waals surface area contributed by atoms with Gasteiger partial charge in [0, 0.05) is 6.04 Å². The summed E-state index contributed by atoms with van der Waals surface area (Å²) in [6.45, 7) is 0.315. The maximum absolute atomic E-state index is 11.9. The zero-order valence-corrected chi connectivity index (χ0v) is 11.9. The van der Waals surface area contributed by atoms with Gasteiger partial charge in [0.25, 0.3) is 0 Å². The summed E-state index contributed by atoms with van der Waals surface area (Å²) in [6, 6.07) is 18.3. The van der Waals surface area contributed by atoms with E-state index in [0.717, 1.165) is 24.8 Å². The largest absolute Gasteiger partial charge is 0.445 e. The van der Waals surface area contributed by atoms with Crippen molar-refractivity contribution in [1.29, 1.82) is 0 Å². The molecule has 0 spiro atoms. The molecule has 2 aromatic rings. The summed E-state index contributed by atoms with van der Waals surface area (Å²) >= 11 is 0. The summed E-state index contributed by atoms with van der Waals surface area (Å²) in [5, 5.41) is 2.97. The second-order valence-corrected chi connectivity index (χ2v) is 5.41. The fourth-order valence-electron chi connectivity index (χ4n) is 2.75. The third kappa shape index (κ3) is 3.63. The Balaban J connectivity index is 1.50. The summed E-state index contributed by atoms with van der Waals surface area (Å²) in [7, 11) is 0. The fraction of sp³-hybridized carbons (Fsp3) is 0.278. The van der Waals surface area contributed by atoms with Crippen LogP contribution in [0.5, 0.6) is 0 Å². The molecule has 0 saturated carbocycles. The van der Waals surface area contributed by atoms with E-state index in [0.29, 0.717) is 6.61 Å². The number of carbonyl (C=O) groups is 1. The van der Waals surface area contributed by atoms with E-state index < -0.39 is 0 Å². The van der Waals surface area contributed by atoms with E-state index >= 15 is 0 Å². The van der Waals surface area contributed by atoms with Crippen LogP contribution in [0.4, 0.5) is 4.79 Å². The maximum Gasteiger partial charge on any atom is 0.407 e. The first-order chi connectivity index (χ1) is 10.3. The molecule has 0 heterocycles. The number of aryl methyl sites for hydroxylation is 1. The smallest absolute Gasteiger partial charge is 0.407 e. The summed E-state index contributed by atoms with van der Waals surface area (Å²) < 4.78 is 5.27. The Bertz CT molecular complexity index is 610. The topological polar surface area (TPSA) is 38.3 Å². The summed E-state index contributed by atoms with van der Waals surface area (Å²) in [5.74, 6) is 0. The van der Waals surface area contributed by atoms with Crippen LogP contribution in [0, 0.1) is 0 Å². The van der Waals surface area contributed by atoms with Crippen molar-refractivity contribution in [2.45, 2.75) is 31.9 Å². The monoisotopic (exact) mass is 281 g/mol. The Kier molecular flexibility index (Phi) is 4.20. The molecule has 1 N–H and O–H groups in total. The van der Waals surface area contributed by atoms with Gasteiger partial charge >= 0.3 is 6.09 Å². The Morgan fingerprint density at radius 3 is 2.57 bits per heavy atom. The highest BCUT2D eigenvalue weighted by atomic mass is 16.5. The van der Waals surface area contributed by atoms with Crippen LogP contribution in [-0.2, 0) is 24.2 Å². The van der Waals surface area contributed by atoms with Gasteiger partial charge in [0.05, 0.1) is 0 Å². The molecule has 1 amide bonds. The molecule has 21 heavy (non-hydrogen) atoms. The molecule has 1 unspecified atom stereocenters. The molecular formula is C18H19NO2. The number of rotatable bonds is 3. The number of nitrogens with one attached hydrogen (secondary N) is 1. The number of fused-ring (bicyclic) bond motifs is 1. The van der Waals surface area contributed by atoms with Crippen molar-refractivity contribution >= 4 is 6.09 Å². The molecule has 3 nitrogen and oxygen atoms in total. The zero-order chi connectivity index (χ0) is 14.5. The molecule has 3 heteroatoms. The van der Waals surface area contributed by atoms with Crippen molar-refractivity contribution < 1.29 is 9.53 Å². The Labute approximate surface area is 124 Å². The molecule has 108 valence electrons. The van der Waals surface area contributed by atoms with Crippen molar-refractivity contribution in [3.05, 3.63) is 71.3 Å². The number of amides is 1. The molecule has 2 aromatic carbocycles. The first-order valence-electron chi connectivity index (χ1n) is 7.35. The fourth-order valence-corrected chi connectivity index (χ4v) is 2.75. The molecule has 0 fully saturated rings. The van der Waals surface area contributed by atoms with E-state index in [-0.39, 0.29) is 12.1 Å². The average molecular weight is 281 g/mol. The van der Waals surface area contributed by atoms with Crippen LogP contribution in [0.2, 0.25) is 0 Å². The highest BCUT2D eigenvalue weighted by Crippen LogP contribution is 2.21. The highest BCUT2D eigenvalue weighted by molar-refractivity contribution is 5.67. The number of hydrogen-bond acceptors (Lipinski definition) is 2. The van der Waals surface area contributed by atoms with Crippen LogP contribution in [0.25, 0.3) is 0 Å². The van der Waals surface area contributed by atoms with Gasteiger partial charge in [0.2, 0.25) is 0 Å². The van der Waals surface area contributed by atoms with Crippen molar-refractivity contribution in [1.82, 2.24) is 5.32 Å². The first kappa shape index (κ1) is 13.7. The number of alkyl carbamates (subject to hydrolysis) is 1. The lowest BCUT2D eigenvalue weighted by Crippen LogP contribution is -2.39. The summed E-state index contributed by atoms with van der Waals surface area (Å²) in [5.41, 5.74) is 3.73. The van der Waals surface area contributed by atoms with Gasteiger partial charge in [-0.1, -0.05) is 54.6 Å². The minimum Gasteiger partial charge on any atom is -0.445 e. The molecule has 1 atom stereocenters. The van der Waals surface area contributed by atoms with Crippen LogP contribution < -0.4 is 5.32 Å². The van der Waals surface area contributed by atoms with Gasteiger partial charge in [0.15, 0.2) is 0 Å². The van der Waals surface area contributed by atoms with E-state index in [9.17, 15) is 4.79 Å². The number of carbonyl (C=O) groups excluding carboxylic acids is 1. The Morgan fingerprint density at radius 1 is 1.05 bits per heavy atom. The average Bonchev–Trinajstić information content (AvgIpc) is 2.54. The van der Waals surface area contributed by atoms with E-state index in [4.69, 9.17) is 4.74 Å². The molecule has 0 saturated heterocycles. The lowest BCUT2D eigenvalue weighted by Gasteiger charge is -2.25. The van der Waals surface area contributed by atoms with Crippen molar-refractivity contribution in [3.8, 4) is 0 Å². The molecule has 0 aliphatic heterocycles. The standard InChI is InChI=1S/C18H19NO2/c20-18(21-13-14-6-2-1-3-7-14)19-17-11-10-15-8-4-5-9-16(15)12-17/h1-9,17H,10-13H2,(H,19,20). The SMILES string of the molecule is O=C(NC1CCc2ccccc2C1)OCc1ccccc1. The highest BCUT2D eigenvalue weighted by Gasteiger charge is 2.20. The van der Waals surface area contributed by atoms with Crippen molar-refractivity contribution in [2.24, 2.45) is 0 Å². The molecular weight excluding hydrogens is 262 g/mol. The van der Waals surface area contributed by atoms with Gasteiger partial charge in [-0.25, -0.2) is 4.79 Å². The quantitative estimate of drug-likeness (QED) is 0.935. The van der Waals surface area contributed by atoms with Gasteiger partial charge in [0.1, 0.15) is 6.61 Å². The number of benzene rings is 2. The molecule has 1 aliphatic carbocycles. The van der Waals surface area contributed by atoms with Gasteiger partial charge in [-0.05, 0) is 36.0 Å². The zero-order valence-electron chi connectivity index (χ0n) is 11.9. The van der Waals surface area contributed by atoms with E-state index in [1.807, 2.05) is 30.3 Å². The van der Waals surface area contributed by atoms with Crippen LogP contribution in [0.15, 0.2) is 54.6 Å². The molecule has 1 aliphatic rings. The number of ether oxygens (including phenoxy) is 1. The minimum absolute atomic E-state index is 0.170. The summed E-state index contributed by atoms with van der Waals surface area (Å²) in [4.78, 5) is 11.9. The molecule has 0 bridgehead atoms. The van der Waals surface area contributed by atoms with Crippen molar-refractivity contribution in [2.75, 3.05) is 0 Å². The minimum atomic E-state index is -0.330. The maximum atomic E-state index is 11.9. The lowest BCUT2D eigenvalue weighted by atomic mass is 9.88. The second kappa shape index (κ2) is 6.44. The number of hydrogen-bond donors (Lipinski definition) is 1. The predicted molar refractivity (Wildman–Crippen MR) is 82.0 cm³/mol. The Morgan fingerprint density at radius 2 is 1.76 bits per heavy atom. The van der Waals surface area contributed by atoms with E-state index in [1.54, 1.807) is 0 Å². The lowest BCUT2D eigenvalue weighted by molar-refractivity contribution is 0.134. The second-order valence-electron chi connectivity index (χ2n) is 5.41. The van der Waals surface area contributed by atoms with Gasteiger partial charge < -0.3 is 10.1 Å². The van der Waals surface area contributed by atoms with Gasteiger partial charge in [-0.15, -0.1) is 0 Å². The van der Waals surface area contributed by atoms with E-state index in [1.165, 1.54) is 11.1 Å². The predicted octanol–water partition coefficient (Wildman–Crippen LogP) is 3.47. The van der Waals surface area contributed by atoms with Gasteiger partial charge in [-0.3, -0.25) is 0 Å². The molecule has 3 rings (SSSR count). The summed E-state index contributed by atoms with van der Waals surface area (Å²) in [6.07, 6.45) is 2.54. The van der Waals surface area contributed by atoms with Crippen LogP contribution in [0.1, 0.15) is 23.1 Å². The molecule has 0 radical (unpaired) electrons. The van der Waals surface area contributed by atoms with Crippen LogP contribution in [0.3, 0.4) is 0 Å². The first-order valence-corrected chi connectivity index (χ1v) is 7.35. The third-order valence-corrected chi connectivity index (χ3v) is 3.88. The van der Waals surface area contributed by atoms with Crippen molar-refractivity contribution in [3.63, 3.8) is 0 Å². The third-order valence-electron chi connectivity index (χ3n) is 3.88.